The molecule has 7 saturated heterocycles. The molecule has 9 aliphatic rings. The summed E-state index contributed by atoms with van der Waals surface area (Å²) in [6, 6.07) is 0. The smallest absolute Gasteiger partial charge is 0.0496 e. The summed E-state index contributed by atoms with van der Waals surface area (Å²) in [5.41, 5.74) is 0. The maximum absolute atomic E-state index is 5.34. The van der Waals surface area contributed by atoms with Gasteiger partial charge in [0, 0.05) is 39.5 Å². The Hall–Kier alpha value is -0.280. The van der Waals surface area contributed by atoms with Crippen LogP contribution in [0.15, 0.2) is 0 Å². The molecule has 7 heteroatoms. The highest BCUT2D eigenvalue weighted by molar-refractivity contribution is 4.77. The minimum Gasteiger partial charge on any atom is -0.381 e. The minimum atomic E-state index is 0. The third-order valence-corrected chi connectivity index (χ3v) is 21.3. The van der Waals surface area contributed by atoms with Gasteiger partial charge in [-0.05, 0) is 263 Å². The average Bonchev–Trinajstić information content (AvgIpc) is 4.39. The van der Waals surface area contributed by atoms with Crippen LogP contribution >= 0.6 is 0 Å². The summed E-state index contributed by atoms with van der Waals surface area (Å²) >= 11 is 0. The molecular weight excluding hydrogens is 1070 g/mol. The molecule has 542 valence electrons. The van der Waals surface area contributed by atoms with Crippen LogP contribution in [-0.4, -0.2) is 128 Å². The summed E-state index contributed by atoms with van der Waals surface area (Å²) in [6.45, 7) is 58.6. The minimum absolute atomic E-state index is 0. The number of piperidine rings is 4. The Morgan fingerprint density at radius 1 is 0.261 bits per heavy atom. The van der Waals surface area contributed by atoms with Gasteiger partial charge in [0.1, 0.15) is 0 Å². The normalized spacial score (nSPS) is 23.9. The van der Waals surface area contributed by atoms with Crippen molar-refractivity contribution in [3.8, 4) is 0 Å². The van der Waals surface area contributed by atoms with Crippen LogP contribution in [0.4, 0.5) is 0 Å². The van der Waals surface area contributed by atoms with Crippen molar-refractivity contribution in [2.75, 3.05) is 113 Å². The van der Waals surface area contributed by atoms with E-state index in [0.29, 0.717) is 0 Å². The SMILES string of the molecule is C.C.C.C.C.C.C.CC(C)C1CCCC1.CC(C)C1CCCC1.CC(C)C1CCCN(C)C1.CC(C)C1CCCNC1.CC(C)C1CCCOC1.CC(C)C1CCN(C)C1.CC(C)C1CCN(C)CC1.CC(C)C1CCNCC1.CC(C)C1CCOCC1. The van der Waals surface area contributed by atoms with Crippen LogP contribution in [0.3, 0.4) is 0 Å². The Balaban J connectivity index is -0.000000166. The largest absolute Gasteiger partial charge is 0.381 e. The lowest BCUT2D eigenvalue weighted by Crippen LogP contribution is -2.34. The van der Waals surface area contributed by atoms with E-state index in [-0.39, 0.29) is 52.0 Å². The molecule has 0 aromatic heterocycles. The molecule has 4 atom stereocenters. The molecule has 7 nitrogen and oxygen atoms in total. The van der Waals surface area contributed by atoms with Crippen molar-refractivity contribution in [1.82, 2.24) is 25.3 Å². The monoisotopic (exact) mass is 1260 g/mol. The van der Waals surface area contributed by atoms with Gasteiger partial charge in [-0.1, -0.05) is 228 Å². The number of nitrogens with zero attached hydrogens (tertiary/aromatic N) is 3. The van der Waals surface area contributed by atoms with Crippen molar-refractivity contribution in [1.29, 1.82) is 0 Å². The van der Waals surface area contributed by atoms with Gasteiger partial charge in [0.15, 0.2) is 0 Å². The predicted molar refractivity (Wildman–Crippen MR) is 409 cm³/mol. The quantitative estimate of drug-likeness (QED) is 0.239. The van der Waals surface area contributed by atoms with Gasteiger partial charge in [-0.3, -0.25) is 0 Å². The molecule has 4 unspecified atom stereocenters. The summed E-state index contributed by atoms with van der Waals surface area (Å²) in [7, 11) is 6.66. The van der Waals surface area contributed by atoms with Gasteiger partial charge in [0.25, 0.3) is 0 Å². The van der Waals surface area contributed by atoms with Crippen LogP contribution in [0, 0.1) is 107 Å². The van der Waals surface area contributed by atoms with Crippen LogP contribution < -0.4 is 10.6 Å². The van der Waals surface area contributed by atoms with E-state index in [4.69, 9.17) is 9.47 Å². The highest BCUT2D eigenvalue weighted by atomic mass is 16.5. The zero-order valence-corrected chi connectivity index (χ0v) is 59.3. The lowest BCUT2D eigenvalue weighted by molar-refractivity contribution is 0.0373. The van der Waals surface area contributed by atoms with Gasteiger partial charge < -0.3 is 34.8 Å². The van der Waals surface area contributed by atoms with E-state index in [0.717, 1.165) is 133 Å². The van der Waals surface area contributed by atoms with Crippen LogP contribution in [-0.2, 0) is 9.47 Å². The number of rotatable bonds is 9. The molecule has 0 radical (unpaired) electrons. The topological polar surface area (TPSA) is 52.2 Å². The van der Waals surface area contributed by atoms with E-state index < -0.39 is 0 Å². The maximum Gasteiger partial charge on any atom is 0.0496 e. The average molecular weight is 1260 g/mol. The molecule has 7 heterocycles. The summed E-state index contributed by atoms with van der Waals surface area (Å²) in [6.07, 6.45) is 29.8. The molecule has 9 fully saturated rings. The highest BCUT2D eigenvalue weighted by Crippen LogP contribution is 2.32. The van der Waals surface area contributed by atoms with E-state index in [1.165, 1.54) is 200 Å². The Bertz CT molecular complexity index is 1220. The lowest BCUT2D eigenvalue weighted by Gasteiger charge is -2.31. The zero-order chi connectivity index (χ0) is 60.7. The number of likely N-dealkylation sites (tertiary alicyclic amines) is 3. The molecule has 0 spiro atoms. The van der Waals surface area contributed by atoms with Crippen molar-refractivity contribution in [3.05, 3.63) is 0 Å². The number of hydrogen-bond donors (Lipinski definition) is 2. The number of hydrogen-bond acceptors (Lipinski definition) is 7. The molecule has 0 bridgehead atoms. The third kappa shape index (κ3) is 50.2. The van der Waals surface area contributed by atoms with Crippen LogP contribution in [0.1, 0.15) is 311 Å². The molecule has 0 amide bonds. The molecule has 9 rings (SSSR count). The van der Waals surface area contributed by atoms with E-state index in [1.807, 2.05) is 0 Å². The van der Waals surface area contributed by atoms with Crippen molar-refractivity contribution in [2.45, 2.75) is 311 Å². The van der Waals surface area contributed by atoms with Crippen molar-refractivity contribution in [3.63, 3.8) is 0 Å². The van der Waals surface area contributed by atoms with Gasteiger partial charge in [-0.15, -0.1) is 0 Å². The van der Waals surface area contributed by atoms with Gasteiger partial charge in [-0.25, -0.2) is 0 Å². The van der Waals surface area contributed by atoms with Crippen molar-refractivity contribution >= 4 is 0 Å². The van der Waals surface area contributed by atoms with Gasteiger partial charge >= 0.3 is 0 Å². The van der Waals surface area contributed by atoms with E-state index in [9.17, 15) is 0 Å². The second-order valence-corrected chi connectivity index (χ2v) is 31.0. The summed E-state index contributed by atoms with van der Waals surface area (Å²) in [4.78, 5) is 7.30. The Kier molecular flexibility index (Phi) is 70.9. The predicted octanol–water partition coefficient (Wildman–Crippen LogP) is 23.1. The summed E-state index contributed by atoms with van der Waals surface area (Å²) < 4.78 is 10.6. The summed E-state index contributed by atoms with van der Waals surface area (Å²) in [5.74, 6) is 16.7. The number of nitrogens with one attached hydrogen (secondary N) is 2. The fourth-order valence-electron chi connectivity index (χ4n) is 13.8. The molecule has 0 aromatic rings. The van der Waals surface area contributed by atoms with Crippen LogP contribution in [0.5, 0.6) is 0 Å². The highest BCUT2D eigenvalue weighted by Gasteiger charge is 2.24. The van der Waals surface area contributed by atoms with Crippen LogP contribution in [0.25, 0.3) is 0 Å². The Morgan fingerprint density at radius 2 is 0.580 bits per heavy atom. The molecule has 2 aliphatic carbocycles. The molecule has 0 aromatic carbocycles. The van der Waals surface area contributed by atoms with Crippen molar-refractivity contribution in [2.24, 2.45) is 107 Å². The van der Waals surface area contributed by atoms with E-state index in [1.54, 1.807) is 0 Å². The van der Waals surface area contributed by atoms with Gasteiger partial charge in [0.2, 0.25) is 0 Å². The second-order valence-electron chi connectivity index (χ2n) is 31.0. The zero-order valence-electron chi connectivity index (χ0n) is 59.3. The van der Waals surface area contributed by atoms with Gasteiger partial charge in [-0.2, -0.15) is 0 Å². The first-order chi connectivity index (χ1) is 38.4. The fraction of sp³-hybridized carbons (Fsp3) is 1.00. The summed E-state index contributed by atoms with van der Waals surface area (Å²) in [5, 5.41) is 6.79. The first kappa shape index (κ1) is 101. The first-order valence-corrected chi connectivity index (χ1v) is 36.0. The standard InChI is InChI=1S/2C9H19N.3C8H17N.2C8H16O.2C8H16.7CH4/c1-8(2)9-4-6-10(3)7-5-9;1-8(2)9-5-4-6-10(3)7-9;1-7(2)8-4-5-9(3)6-8;1-7(2)8-3-5-9-6-4-8;1-7(2)8-4-3-5-9-6-8;1-7(2)8-3-5-9-6-4-8;1-7(2)8-4-3-5-9-6-8;2*1-7(2)8-5-3-4-6-8;;;;;;;/h2*8-9H,4-7H2,1-3H3;7-8H,4-6H2,1-3H3;2*7-9H,3-6H2,1-2H3;2*7-8H,3-6H2,1-2H3;2*7-8H,3-6H2,1-2H3;7*1H4. The van der Waals surface area contributed by atoms with Crippen molar-refractivity contribution < 1.29 is 9.47 Å². The molecule has 88 heavy (non-hydrogen) atoms. The van der Waals surface area contributed by atoms with E-state index in [2.05, 4.69) is 171 Å². The first-order valence-electron chi connectivity index (χ1n) is 36.0. The lowest BCUT2D eigenvalue weighted by atomic mass is 9.87. The number of ether oxygens (including phenoxy) is 2. The molecule has 2 saturated carbocycles. The second kappa shape index (κ2) is 61.6. The van der Waals surface area contributed by atoms with Gasteiger partial charge in [0.05, 0.1) is 0 Å². The van der Waals surface area contributed by atoms with Crippen LogP contribution in [0.2, 0.25) is 0 Å². The third-order valence-electron chi connectivity index (χ3n) is 21.3. The maximum atomic E-state index is 5.34. The molecule has 7 aliphatic heterocycles. The fourth-order valence-corrected chi connectivity index (χ4v) is 13.8. The Morgan fingerprint density at radius 3 is 0.852 bits per heavy atom. The molecule has 2 N–H and O–H groups in total. The Labute approximate surface area is 563 Å². The van der Waals surface area contributed by atoms with E-state index >= 15 is 0 Å². The molecular formula is C81H181N5O2.